The summed E-state index contributed by atoms with van der Waals surface area (Å²) in [6.45, 7) is 1.53. The van der Waals surface area contributed by atoms with Gasteiger partial charge in [0.1, 0.15) is 0 Å². The molecule has 0 heterocycles. The number of hydrogen-bond acceptors (Lipinski definition) is 4. The Kier molecular flexibility index (Phi) is 1.86. The molecule has 12 heavy (non-hydrogen) atoms. The highest BCUT2D eigenvalue weighted by Gasteiger charge is 2.15. The van der Waals surface area contributed by atoms with Gasteiger partial charge in [0.05, 0.1) is 4.92 Å². The van der Waals surface area contributed by atoms with Crippen LogP contribution in [0.1, 0.15) is 5.56 Å². The number of anilines is 1. The molecule has 5 nitrogen and oxygen atoms in total. The number of nitro benzene ring substituents is 1. The van der Waals surface area contributed by atoms with Crippen LogP contribution in [0.4, 0.5) is 11.4 Å². The molecule has 1 aromatic rings. The van der Waals surface area contributed by atoms with E-state index in [0.717, 1.165) is 0 Å². The minimum atomic E-state index is -0.651. The Labute approximate surface area is 68.6 Å². The molecular formula is C7H8N2O3. The molecule has 0 fully saturated rings. The number of nitrogens with zero attached hydrogens (tertiary/aromatic N) is 1. The van der Waals surface area contributed by atoms with Crippen molar-refractivity contribution < 1.29 is 10.0 Å². The van der Waals surface area contributed by atoms with Crippen LogP contribution in [0.2, 0.25) is 0 Å². The molecule has 0 aliphatic heterocycles. The molecule has 0 unspecified atom stereocenters. The van der Waals surface area contributed by atoms with Crippen molar-refractivity contribution in [2.45, 2.75) is 6.92 Å². The molecule has 3 N–H and O–H groups in total. The third kappa shape index (κ3) is 1.16. The monoisotopic (exact) mass is 168 g/mol. The number of phenols is 1. The first-order valence-corrected chi connectivity index (χ1v) is 3.26. The summed E-state index contributed by atoms with van der Waals surface area (Å²) in [7, 11) is 0. The fourth-order valence-electron chi connectivity index (χ4n) is 0.849. The number of aromatic hydroxyl groups is 1. The van der Waals surface area contributed by atoms with Crippen LogP contribution >= 0.6 is 0 Å². The van der Waals surface area contributed by atoms with E-state index in [1.54, 1.807) is 0 Å². The lowest BCUT2D eigenvalue weighted by Crippen LogP contribution is -1.94. The second kappa shape index (κ2) is 2.69. The summed E-state index contributed by atoms with van der Waals surface area (Å²) < 4.78 is 0. The number of nitro groups is 1. The van der Waals surface area contributed by atoms with Crippen molar-refractivity contribution in [2.24, 2.45) is 0 Å². The molecule has 0 aliphatic carbocycles. The molecule has 64 valence electrons. The van der Waals surface area contributed by atoms with E-state index < -0.39 is 4.92 Å². The van der Waals surface area contributed by atoms with Crippen LogP contribution in [0.25, 0.3) is 0 Å². The third-order valence-electron chi connectivity index (χ3n) is 1.65. The van der Waals surface area contributed by atoms with Gasteiger partial charge in [-0.05, 0) is 13.0 Å². The lowest BCUT2D eigenvalue weighted by molar-refractivity contribution is -0.385. The van der Waals surface area contributed by atoms with Gasteiger partial charge in [-0.15, -0.1) is 0 Å². The molecule has 0 spiro atoms. The zero-order valence-corrected chi connectivity index (χ0v) is 6.44. The summed E-state index contributed by atoms with van der Waals surface area (Å²) in [5.74, 6) is -0.361. The van der Waals surface area contributed by atoms with Gasteiger partial charge in [-0.25, -0.2) is 0 Å². The van der Waals surface area contributed by atoms with Crippen LogP contribution in [-0.2, 0) is 0 Å². The van der Waals surface area contributed by atoms with E-state index in [4.69, 9.17) is 5.73 Å². The average Bonchev–Trinajstić information content (AvgIpc) is 2.00. The van der Waals surface area contributed by atoms with Crippen molar-refractivity contribution in [3.63, 3.8) is 0 Å². The van der Waals surface area contributed by atoms with Gasteiger partial charge in [0.25, 0.3) is 0 Å². The summed E-state index contributed by atoms with van der Waals surface area (Å²) in [6, 6.07) is 2.57. The summed E-state index contributed by atoms with van der Waals surface area (Å²) in [5, 5.41) is 19.5. The van der Waals surface area contributed by atoms with E-state index in [-0.39, 0.29) is 11.4 Å². The largest absolute Gasteiger partial charge is 0.502 e. The number of phenolic OH excluding ortho intramolecular Hbond substituents is 1. The van der Waals surface area contributed by atoms with E-state index >= 15 is 0 Å². The van der Waals surface area contributed by atoms with Gasteiger partial charge in [-0.1, -0.05) is 0 Å². The molecule has 5 heteroatoms. The maximum absolute atomic E-state index is 10.3. The Bertz CT molecular complexity index is 336. The fourth-order valence-corrected chi connectivity index (χ4v) is 0.849. The summed E-state index contributed by atoms with van der Waals surface area (Å²) >= 11 is 0. The van der Waals surface area contributed by atoms with Crippen molar-refractivity contribution in [3.8, 4) is 5.75 Å². The van der Waals surface area contributed by atoms with E-state index in [9.17, 15) is 15.2 Å². The minimum absolute atomic E-state index is 0.318. The normalized spacial score (nSPS) is 9.75. The molecule has 0 radical (unpaired) electrons. The maximum atomic E-state index is 10.3. The topological polar surface area (TPSA) is 89.4 Å². The number of nitrogen functional groups attached to an aromatic ring is 1. The SMILES string of the molecule is Cc1c(N)ccc([N+](=O)[O-])c1O. The highest BCUT2D eigenvalue weighted by Crippen LogP contribution is 2.32. The van der Waals surface area contributed by atoms with Crippen LogP contribution in [0.15, 0.2) is 12.1 Å². The Balaban J connectivity index is 3.36. The second-order valence-corrected chi connectivity index (χ2v) is 2.40. The molecule has 0 saturated carbocycles. The second-order valence-electron chi connectivity index (χ2n) is 2.40. The summed E-state index contributed by atoms with van der Waals surface area (Å²) in [5.41, 5.74) is 5.77. The van der Waals surface area contributed by atoms with Crippen molar-refractivity contribution in [3.05, 3.63) is 27.8 Å². The zero-order valence-electron chi connectivity index (χ0n) is 6.44. The number of benzene rings is 1. The van der Waals surface area contributed by atoms with E-state index in [1.807, 2.05) is 0 Å². The zero-order chi connectivity index (χ0) is 9.30. The van der Waals surface area contributed by atoms with Crippen molar-refractivity contribution >= 4 is 11.4 Å². The van der Waals surface area contributed by atoms with Crippen LogP contribution in [0, 0.1) is 17.0 Å². The molecule has 0 amide bonds. The van der Waals surface area contributed by atoms with Gasteiger partial charge in [0, 0.05) is 17.3 Å². The van der Waals surface area contributed by atoms with Crippen molar-refractivity contribution in [2.75, 3.05) is 5.73 Å². The van der Waals surface area contributed by atoms with Gasteiger partial charge in [0.2, 0.25) is 0 Å². The molecular weight excluding hydrogens is 160 g/mol. The Morgan fingerprint density at radius 1 is 1.58 bits per heavy atom. The summed E-state index contributed by atoms with van der Waals surface area (Å²) in [4.78, 5) is 9.64. The predicted octanol–water partition coefficient (Wildman–Crippen LogP) is 1.19. The molecule has 0 saturated heterocycles. The standard InChI is InChI=1S/C7H8N2O3/c1-4-5(8)2-3-6(7(4)10)9(11)12/h2-3,10H,8H2,1H3. The average molecular weight is 168 g/mol. The molecule has 1 rings (SSSR count). The van der Waals surface area contributed by atoms with Gasteiger partial charge in [-0.2, -0.15) is 0 Å². The molecule has 0 aliphatic rings. The van der Waals surface area contributed by atoms with Gasteiger partial charge < -0.3 is 10.8 Å². The molecule has 0 aromatic heterocycles. The smallest absolute Gasteiger partial charge is 0.311 e. The van der Waals surface area contributed by atoms with Gasteiger partial charge in [0.15, 0.2) is 5.75 Å². The van der Waals surface area contributed by atoms with Gasteiger partial charge >= 0.3 is 5.69 Å². The van der Waals surface area contributed by atoms with E-state index in [0.29, 0.717) is 11.3 Å². The Morgan fingerprint density at radius 2 is 2.17 bits per heavy atom. The molecule has 1 aromatic carbocycles. The van der Waals surface area contributed by atoms with Crippen LogP contribution in [0.3, 0.4) is 0 Å². The lowest BCUT2D eigenvalue weighted by Gasteiger charge is -2.02. The highest BCUT2D eigenvalue weighted by atomic mass is 16.6. The van der Waals surface area contributed by atoms with Gasteiger partial charge in [-0.3, -0.25) is 10.1 Å². The summed E-state index contributed by atoms with van der Waals surface area (Å²) in [6.07, 6.45) is 0. The predicted molar refractivity (Wildman–Crippen MR) is 43.9 cm³/mol. The van der Waals surface area contributed by atoms with Crippen LogP contribution in [0.5, 0.6) is 5.75 Å². The van der Waals surface area contributed by atoms with E-state index in [1.165, 1.54) is 19.1 Å². The first kappa shape index (κ1) is 8.32. The quantitative estimate of drug-likeness (QED) is 0.374. The highest BCUT2D eigenvalue weighted by molar-refractivity contribution is 5.61. The number of nitrogens with two attached hydrogens (primary N) is 1. The Morgan fingerprint density at radius 3 is 2.67 bits per heavy atom. The molecule has 0 bridgehead atoms. The van der Waals surface area contributed by atoms with Crippen LogP contribution in [-0.4, -0.2) is 10.0 Å². The van der Waals surface area contributed by atoms with E-state index in [2.05, 4.69) is 0 Å². The lowest BCUT2D eigenvalue weighted by atomic mass is 10.1. The maximum Gasteiger partial charge on any atom is 0.311 e. The number of hydrogen-bond donors (Lipinski definition) is 2. The van der Waals surface area contributed by atoms with Crippen molar-refractivity contribution in [1.29, 1.82) is 0 Å². The third-order valence-corrected chi connectivity index (χ3v) is 1.65. The fraction of sp³-hybridized carbons (Fsp3) is 0.143. The first-order chi connectivity index (χ1) is 5.54. The first-order valence-electron chi connectivity index (χ1n) is 3.26. The Hall–Kier alpha value is -1.78. The van der Waals surface area contributed by atoms with Crippen molar-refractivity contribution in [1.82, 2.24) is 0 Å². The molecule has 0 atom stereocenters. The number of rotatable bonds is 1. The van der Waals surface area contributed by atoms with Crippen LogP contribution < -0.4 is 5.73 Å². The minimum Gasteiger partial charge on any atom is -0.502 e.